The summed E-state index contributed by atoms with van der Waals surface area (Å²) in [5, 5.41) is 0. The quantitative estimate of drug-likeness (QED) is 0.429. The molecule has 1 saturated heterocycles. The maximum Gasteiger partial charge on any atom is 0.0781 e. The van der Waals surface area contributed by atoms with Crippen LogP contribution in [0.4, 0.5) is 0 Å². The summed E-state index contributed by atoms with van der Waals surface area (Å²) in [4.78, 5) is 0. The highest BCUT2D eigenvalue weighted by molar-refractivity contribution is 4.58. The van der Waals surface area contributed by atoms with Gasteiger partial charge in [0.15, 0.2) is 0 Å². The van der Waals surface area contributed by atoms with Crippen molar-refractivity contribution in [2.45, 2.75) is 13.0 Å². The van der Waals surface area contributed by atoms with Crippen LogP contribution in [-0.4, -0.2) is 12.7 Å². The molecule has 0 radical (unpaired) electrons. The molecule has 0 aromatic heterocycles. The van der Waals surface area contributed by atoms with Crippen LogP contribution >= 0.6 is 0 Å². The summed E-state index contributed by atoms with van der Waals surface area (Å²) in [7, 11) is 0. The minimum atomic E-state index is -0.199. The van der Waals surface area contributed by atoms with E-state index in [1.165, 1.54) is 0 Å². The van der Waals surface area contributed by atoms with Crippen molar-refractivity contribution in [1.82, 2.24) is 6.15 Å². The van der Waals surface area contributed by atoms with E-state index in [9.17, 15) is 0 Å². The number of hydrogen-bond acceptors (Lipinski definition) is 2. The smallest absolute Gasteiger partial charge is 0.0781 e. The molecule has 1 fully saturated rings. The Labute approximate surface area is 33.1 Å². The van der Waals surface area contributed by atoms with Crippen LogP contribution in [0.2, 0.25) is 0 Å². The molecule has 1 heterocycles. The van der Waals surface area contributed by atoms with E-state index < -0.39 is 0 Å². The molecule has 0 spiro atoms. The third-order valence-electron chi connectivity index (χ3n) is 0.408. The first-order valence-electron chi connectivity index (χ1n) is 1.96. The highest BCUT2D eigenvalue weighted by Gasteiger charge is 2.13. The molecule has 2 heteroatoms. The highest BCUT2D eigenvalue weighted by atomic mass is 16.6. The Kier molecular flexibility index (Phi) is 0.862. The molecule has 0 aromatic carbocycles. The molecule has 0 saturated carbocycles. The molecule has 1 rings (SSSR count). The van der Waals surface area contributed by atoms with Crippen molar-refractivity contribution in [3.63, 3.8) is 0 Å². The van der Waals surface area contributed by atoms with Gasteiger partial charge in [-0.25, -0.2) is 0 Å². The zero-order chi connectivity index (χ0) is 3.86. The first kappa shape index (κ1) is 3.12. The molecular formula is C3H9NO. The largest absolute Gasteiger partial charge is 0.373 e. The van der Waals surface area contributed by atoms with Crippen molar-refractivity contribution in [2.24, 2.45) is 0 Å². The molecule has 3 N–H and O–H groups in total. The lowest BCUT2D eigenvalue weighted by Gasteiger charge is -1.50. The Hall–Kier alpha value is -0.0800. The SMILES string of the molecule is N.[2H]C1OC1C. The molecular weight excluding hydrogens is 66.0 g/mol. The second-order valence-electron chi connectivity index (χ2n) is 0.977. The van der Waals surface area contributed by atoms with E-state index in [1.54, 1.807) is 0 Å². The fraction of sp³-hybridized carbons (Fsp3) is 1.00. The Bertz CT molecular complexity index is 44.1. The van der Waals surface area contributed by atoms with E-state index in [2.05, 4.69) is 4.74 Å². The first-order chi connectivity index (χ1) is 2.30. The summed E-state index contributed by atoms with van der Waals surface area (Å²) in [6, 6.07) is 0. The van der Waals surface area contributed by atoms with Gasteiger partial charge < -0.3 is 10.9 Å². The molecule has 2 nitrogen and oxygen atoms in total. The van der Waals surface area contributed by atoms with Gasteiger partial charge in [-0.05, 0) is 6.92 Å². The van der Waals surface area contributed by atoms with Gasteiger partial charge in [0.2, 0.25) is 0 Å². The number of hydrogen-bond donors (Lipinski definition) is 1. The van der Waals surface area contributed by atoms with E-state index in [-0.39, 0.29) is 18.8 Å². The van der Waals surface area contributed by atoms with Gasteiger partial charge in [-0.15, -0.1) is 0 Å². The van der Waals surface area contributed by atoms with E-state index in [0.717, 1.165) is 0 Å². The summed E-state index contributed by atoms with van der Waals surface area (Å²) in [6.45, 7) is 1.69. The minimum absolute atomic E-state index is 0. The molecule has 2 unspecified atom stereocenters. The van der Waals surface area contributed by atoms with Gasteiger partial charge in [0.25, 0.3) is 0 Å². The molecule has 32 valence electrons. The zero-order valence-corrected chi connectivity index (χ0v) is 3.27. The van der Waals surface area contributed by atoms with Crippen molar-refractivity contribution in [1.29, 1.82) is 0 Å². The van der Waals surface area contributed by atoms with E-state index in [1.807, 2.05) is 6.92 Å². The van der Waals surface area contributed by atoms with E-state index in [0.29, 0.717) is 0 Å². The normalized spacial score (nSPS) is 49.4. The zero-order valence-electron chi connectivity index (χ0n) is 4.27. The van der Waals surface area contributed by atoms with Crippen LogP contribution in [0.15, 0.2) is 0 Å². The predicted octanol–water partition coefficient (Wildman–Crippen LogP) is 0.567. The summed E-state index contributed by atoms with van der Waals surface area (Å²) in [5.74, 6) is 0. The van der Waals surface area contributed by atoms with Crippen molar-refractivity contribution in [3.05, 3.63) is 0 Å². The summed E-state index contributed by atoms with van der Waals surface area (Å²) < 4.78 is 11.3. The Morgan fingerprint density at radius 1 is 2.20 bits per heavy atom. The van der Waals surface area contributed by atoms with Crippen LogP contribution in [0, 0.1) is 0 Å². The number of ether oxygens (including phenoxy) is 1. The molecule has 0 aliphatic carbocycles. The van der Waals surface area contributed by atoms with Crippen molar-refractivity contribution >= 4 is 0 Å². The molecule has 0 bridgehead atoms. The van der Waals surface area contributed by atoms with Gasteiger partial charge >= 0.3 is 0 Å². The Balaban J connectivity index is 0.000000250. The fourth-order valence-corrected chi connectivity index (χ4v) is 0.0786. The average Bonchev–Trinajstić information content (AvgIpc) is 1.79. The molecule has 5 heavy (non-hydrogen) atoms. The lowest BCUT2D eigenvalue weighted by Crippen LogP contribution is -1.60. The van der Waals surface area contributed by atoms with Crippen LogP contribution in [0.3, 0.4) is 0 Å². The second-order valence-corrected chi connectivity index (χ2v) is 0.977. The van der Waals surface area contributed by atoms with Gasteiger partial charge in [-0.2, -0.15) is 0 Å². The van der Waals surface area contributed by atoms with Gasteiger partial charge in [0, 0.05) is 0 Å². The topological polar surface area (TPSA) is 47.5 Å². The number of rotatable bonds is 0. The fourth-order valence-electron chi connectivity index (χ4n) is 0.0786. The first-order valence-corrected chi connectivity index (χ1v) is 1.38. The maximum atomic E-state index is 6.68. The summed E-state index contributed by atoms with van der Waals surface area (Å²) >= 11 is 0. The Morgan fingerprint density at radius 2 is 2.40 bits per heavy atom. The highest BCUT2D eigenvalue weighted by Crippen LogP contribution is 2.04. The lowest BCUT2D eigenvalue weighted by molar-refractivity contribution is 0.423. The van der Waals surface area contributed by atoms with Crippen LogP contribution in [0.1, 0.15) is 8.29 Å². The molecule has 0 aromatic rings. The maximum absolute atomic E-state index is 6.68. The van der Waals surface area contributed by atoms with Gasteiger partial charge in [-0.1, -0.05) is 0 Å². The summed E-state index contributed by atoms with van der Waals surface area (Å²) in [5.41, 5.74) is 0. The van der Waals surface area contributed by atoms with Gasteiger partial charge in [-0.3, -0.25) is 0 Å². The van der Waals surface area contributed by atoms with Gasteiger partial charge in [0.1, 0.15) is 0 Å². The third-order valence-corrected chi connectivity index (χ3v) is 0.408. The number of epoxide rings is 1. The van der Waals surface area contributed by atoms with Crippen molar-refractivity contribution < 1.29 is 6.11 Å². The second kappa shape index (κ2) is 1.38. The van der Waals surface area contributed by atoms with Crippen LogP contribution < -0.4 is 6.15 Å². The standard InChI is InChI=1S/C3H6O.H3N/c1-3-2-4-3;/h3H,2H2,1H3;1H3/i2D;. The van der Waals surface area contributed by atoms with E-state index >= 15 is 0 Å². The third kappa shape index (κ3) is 1.69. The van der Waals surface area contributed by atoms with Crippen LogP contribution in [-0.2, 0) is 4.74 Å². The monoisotopic (exact) mass is 76.1 g/mol. The van der Waals surface area contributed by atoms with Crippen molar-refractivity contribution in [3.8, 4) is 0 Å². The van der Waals surface area contributed by atoms with Crippen molar-refractivity contribution in [2.75, 3.05) is 6.58 Å². The average molecular weight is 76.1 g/mol. The van der Waals surface area contributed by atoms with E-state index in [4.69, 9.17) is 1.37 Å². The molecule has 0 amide bonds. The minimum Gasteiger partial charge on any atom is -0.373 e. The lowest BCUT2D eigenvalue weighted by atomic mass is 10.6. The molecule has 1 aliphatic rings. The van der Waals surface area contributed by atoms with Crippen LogP contribution in [0.25, 0.3) is 0 Å². The summed E-state index contributed by atoms with van der Waals surface area (Å²) in [6.07, 6.45) is 0.218. The van der Waals surface area contributed by atoms with Crippen LogP contribution in [0.5, 0.6) is 0 Å². The Morgan fingerprint density at radius 3 is 2.40 bits per heavy atom. The molecule has 1 aliphatic heterocycles. The predicted molar refractivity (Wildman–Crippen MR) is 20.4 cm³/mol. The molecule has 2 atom stereocenters. The van der Waals surface area contributed by atoms with Gasteiger partial charge in [0.05, 0.1) is 14.1 Å².